The van der Waals surface area contributed by atoms with E-state index in [-0.39, 0.29) is 0 Å². The molecule has 1 aromatic carbocycles. The zero-order chi connectivity index (χ0) is 18.0. The standard InChI is InChI=1S/C20H29N5O/c1-21-20(22-11-14-25-12-7-2-3-8-13-25)23-15-18-16-26-19(24-18)17-9-5-4-6-10-17/h4-6,9-10,16H,2-3,7-8,11-15H2,1H3,(H2,21,22,23). The first kappa shape index (κ1) is 18.5. The molecule has 0 radical (unpaired) electrons. The van der Waals surface area contributed by atoms with E-state index in [4.69, 9.17) is 4.42 Å². The summed E-state index contributed by atoms with van der Waals surface area (Å²) in [6.07, 6.45) is 7.08. The van der Waals surface area contributed by atoms with Crippen LogP contribution in [0.2, 0.25) is 0 Å². The molecule has 0 saturated carbocycles. The maximum atomic E-state index is 5.57. The molecule has 1 aromatic heterocycles. The van der Waals surface area contributed by atoms with Gasteiger partial charge >= 0.3 is 0 Å². The Morgan fingerprint density at radius 3 is 2.62 bits per heavy atom. The molecule has 1 fully saturated rings. The van der Waals surface area contributed by atoms with Gasteiger partial charge in [-0.15, -0.1) is 0 Å². The highest BCUT2D eigenvalue weighted by Crippen LogP contribution is 2.17. The third kappa shape index (κ3) is 5.59. The van der Waals surface area contributed by atoms with Gasteiger partial charge in [-0.3, -0.25) is 4.99 Å². The number of guanidine groups is 1. The molecule has 140 valence electrons. The number of likely N-dealkylation sites (tertiary alicyclic amines) is 1. The number of nitrogens with zero attached hydrogens (tertiary/aromatic N) is 3. The molecule has 2 N–H and O–H groups in total. The first-order valence-corrected chi connectivity index (χ1v) is 9.52. The minimum Gasteiger partial charge on any atom is -0.444 e. The van der Waals surface area contributed by atoms with E-state index in [2.05, 4.69) is 25.5 Å². The fraction of sp³-hybridized carbons (Fsp3) is 0.500. The highest BCUT2D eigenvalue weighted by atomic mass is 16.3. The molecule has 0 aliphatic carbocycles. The van der Waals surface area contributed by atoms with Gasteiger partial charge in [0, 0.05) is 25.7 Å². The molecule has 6 nitrogen and oxygen atoms in total. The number of nitrogens with one attached hydrogen (secondary N) is 2. The molecule has 0 unspecified atom stereocenters. The third-order valence-corrected chi connectivity index (χ3v) is 4.65. The van der Waals surface area contributed by atoms with Gasteiger partial charge in [0.05, 0.1) is 12.2 Å². The second-order valence-electron chi connectivity index (χ2n) is 6.62. The van der Waals surface area contributed by atoms with E-state index < -0.39 is 0 Å². The van der Waals surface area contributed by atoms with Crippen LogP contribution in [-0.2, 0) is 6.54 Å². The van der Waals surface area contributed by atoms with Crippen molar-refractivity contribution in [1.82, 2.24) is 20.5 Å². The van der Waals surface area contributed by atoms with Crippen molar-refractivity contribution in [3.05, 3.63) is 42.3 Å². The van der Waals surface area contributed by atoms with Crippen molar-refractivity contribution >= 4 is 5.96 Å². The van der Waals surface area contributed by atoms with Crippen molar-refractivity contribution in [3.63, 3.8) is 0 Å². The third-order valence-electron chi connectivity index (χ3n) is 4.65. The number of benzene rings is 1. The van der Waals surface area contributed by atoms with Gasteiger partial charge in [-0.05, 0) is 38.1 Å². The van der Waals surface area contributed by atoms with Crippen molar-refractivity contribution in [1.29, 1.82) is 0 Å². The molecular weight excluding hydrogens is 326 g/mol. The van der Waals surface area contributed by atoms with E-state index in [1.54, 1.807) is 13.3 Å². The molecule has 0 spiro atoms. The summed E-state index contributed by atoms with van der Waals surface area (Å²) in [4.78, 5) is 11.4. The molecule has 3 rings (SSSR count). The van der Waals surface area contributed by atoms with E-state index >= 15 is 0 Å². The van der Waals surface area contributed by atoms with Crippen molar-refractivity contribution in [2.75, 3.05) is 33.2 Å². The Bertz CT molecular complexity index is 675. The van der Waals surface area contributed by atoms with Crippen LogP contribution in [-0.4, -0.2) is 49.1 Å². The fourth-order valence-electron chi connectivity index (χ4n) is 3.19. The molecule has 6 heteroatoms. The molecule has 0 atom stereocenters. The summed E-state index contributed by atoms with van der Waals surface area (Å²) in [5, 5.41) is 6.68. The SMILES string of the molecule is CN=C(NCCN1CCCCCC1)NCc1coc(-c2ccccc2)n1. The fourth-order valence-corrected chi connectivity index (χ4v) is 3.19. The second kappa shape index (κ2) is 9.97. The first-order valence-electron chi connectivity index (χ1n) is 9.52. The quantitative estimate of drug-likeness (QED) is 0.616. The molecular formula is C20H29N5O. The average molecular weight is 355 g/mol. The maximum Gasteiger partial charge on any atom is 0.226 e. The summed E-state index contributed by atoms with van der Waals surface area (Å²) in [6.45, 7) is 4.97. The topological polar surface area (TPSA) is 65.7 Å². The van der Waals surface area contributed by atoms with Crippen LogP contribution in [0.4, 0.5) is 0 Å². The summed E-state index contributed by atoms with van der Waals surface area (Å²) in [6, 6.07) is 9.93. The zero-order valence-corrected chi connectivity index (χ0v) is 15.6. The summed E-state index contributed by atoms with van der Waals surface area (Å²) >= 11 is 0. The van der Waals surface area contributed by atoms with Crippen molar-refractivity contribution in [2.24, 2.45) is 4.99 Å². The van der Waals surface area contributed by atoms with E-state index in [1.807, 2.05) is 30.3 Å². The monoisotopic (exact) mass is 355 g/mol. The summed E-state index contributed by atoms with van der Waals surface area (Å²) < 4.78 is 5.57. The number of hydrogen-bond acceptors (Lipinski definition) is 4. The van der Waals surface area contributed by atoms with Gasteiger partial charge in [0.2, 0.25) is 5.89 Å². The zero-order valence-electron chi connectivity index (χ0n) is 15.6. The van der Waals surface area contributed by atoms with E-state index in [9.17, 15) is 0 Å². The highest BCUT2D eigenvalue weighted by Gasteiger charge is 2.09. The average Bonchev–Trinajstić information content (AvgIpc) is 3.01. The lowest BCUT2D eigenvalue weighted by atomic mass is 10.2. The van der Waals surface area contributed by atoms with Crippen LogP contribution >= 0.6 is 0 Å². The lowest BCUT2D eigenvalue weighted by molar-refractivity contribution is 0.289. The first-order chi connectivity index (χ1) is 12.8. The van der Waals surface area contributed by atoms with Gasteiger partial charge in [-0.1, -0.05) is 31.0 Å². The summed E-state index contributed by atoms with van der Waals surface area (Å²) in [5.74, 6) is 1.44. The lowest BCUT2D eigenvalue weighted by Crippen LogP contribution is -2.41. The van der Waals surface area contributed by atoms with Crippen LogP contribution in [0.15, 0.2) is 46.0 Å². The summed E-state index contributed by atoms with van der Waals surface area (Å²) in [7, 11) is 1.79. The predicted octanol–water partition coefficient (Wildman–Crippen LogP) is 2.88. The smallest absolute Gasteiger partial charge is 0.226 e. The van der Waals surface area contributed by atoms with Crippen molar-refractivity contribution < 1.29 is 4.42 Å². The number of aliphatic imine (C=N–C) groups is 1. The van der Waals surface area contributed by atoms with E-state index in [0.29, 0.717) is 12.4 Å². The molecule has 2 heterocycles. The second-order valence-corrected chi connectivity index (χ2v) is 6.62. The van der Waals surface area contributed by atoms with Crippen molar-refractivity contribution in [3.8, 4) is 11.5 Å². The molecule has 1 aliphatic rings. The van der Waals surface area contributed by atoms with E-state index in [0.717, 1.165) is 30.3 Å². The van der Waals surface area contributed by atoms with Gasteiger partial charge < -0.3 is 20.0 Å². The number of hydrogen-bond donors (Lipinski definition) is 2. The number of rotatable bonds is 6. The Morgan fingerprint density at radius 1 is 1.12 bits per heavy atom. The van der Waals surface area contributed by atoms with Gasteiger partial charge in [0.25, 0.3) is 0 Å². The van der Waals surface area contributed by atoms with Crippen LogP contribution in [0, 0.1) is 0 Å². The van der Waals surface area contributed by atoms with Crippen molar-refractivity contribution in [2.45, 2.75) is 32.2 Å². The van der Waals surface area contributed by atoms with E-state index in [1.165, 1.54) is 38.8 Å². The van der Waals surface area contributed by atoms with Crippen LogP contribution in [0.1, 0.15) is 31.4 Å². The lowest BCUT2D eigenvalue weighted by Gasteiger charge is -2.20. The normalized spacial score (nSPS) is 16.3. The van der Waals surface area contributed by atoms with Gasteiger partial charge in [0.15, 0.2) is 5.96 Å². The molecule has 0 bridgehead atoms. The van der Waals surface area contributed by atoms with Gasteiger partial charge in [-0.2, -0.15) is 0 Å². The maximum absolute atomic E-state index is 5.57. The van der Waals surface area contributed by atoms with Gasteiger partial charge in [-0.25, -0.2) is 4.98 Å². The number of aromatic nitrogens is 1. The number of oxazole rings is 1. The van der Waals surface area contributed by atoms with Crippen LogP contribution in [0.5, 0.6) is 0 Å². The largest absolute Gasteiger partial charge is 0.444 e. The summed E-state index contributed by atoms with van der Waals surface area (Å²) in [5.41, 5.74) is 1.85. The Hall–Kier alpha value is -2.34. The van der Waals surface area contributed by atoms with Crippen LogP contribution in [0.25, 0.3) is 11.5 Å². The molecule has 2 aromatic rings. The Morgan fingerprint density at radius 2 is 1.88 bits per heavy atom. The minimum absolute atomic E-state index is 0.583. The Labute approximate surface area is 155 Å². The Balaban J connectivity index is 1.42. The predicted molar refractivity (Wildman–Crippen MR) is 105 cm³/mol. The molecule has 0 amide bonds. The van der Waals surface area contributed by atoms with Crippen LogP contribution in [0.3, 0.4) is 0 Å². The molecule has 1 aliphatic heterocycles. The molecule has 1 saturated heterocycles. The molecule has 26 heavy (non-hydrogen) atoms. The Kier molecular flexibility index (Phi) is 7.07. The highest BCUT2D eigenvalue weighted by molar-refractivity contribution is 5.79. The minimum atomic E-state index is 0.583. The van der Waals surface area contributed by atoms with Gasteiger partial charge in [0.1, 0.15) is 6.26 Å². The van der Waals surface area contributed by atoms with Crippen LogP contribution < -0.4 is 10.6 Å².